The number of unbranched alkanes of at least 4 members (excludes halogenated alkanes) is 2. The van der Waals surface area contributed by atoms with Crippen LogP contribution < -0.4 is 20.1 Å². The van der Waals surface area contributed by atoms with Crippen LogP contribution in [0.25, 0.3) is 0 Å². The van der Waals surface area contributed by atoms with Gasteiger partial charge in [0, 0.05) is 13.0 Å². The van der Waals surface area contributed by atoms with E-state index < -0.39 is 29.7 Å². The molecule has 214 valence electrons. The number of hydrogen-bond acceptors (Lipinski definition) is 9. The van der Waals surface area contributed by atoms with Crippen molar-refractivity contribution in [3.8, 4) is 11.5 Å². The number of nitrogens with one attached hydrogen (secondary N) is 2. The van der Waals surface area contributed by atoms with E-state index in [1.54, 1.807) is 52.8 Å². The molecule has 0 radical (unpaired) electrons. The fourth-order valence-electron chi connectivity index (χ4n) is 3.19. The van der Waals surface area contributed by atoms with Gasteiger partial charge in [-0.05, 0) is 58.7 Å². The summed E-state index contributed by atoms with van der Waals surface area (Å²) in [4.78, 5) is 49.0. The summed E-state index contributed by atoms with van der Waals surface area (Å²) in [6, 6.07) is 3.87. The van der Waals surface area contributed by atoms with Crippen molar-refractivity contribution in [2.24, 2.45) is 0 Å². The highest BCUT2D eigenvalue weighted by Crippen LogP contribution is 2.29. The molecule has 0 fully saturated rings. The number of esters is 2. The Morgan fingerprint density at radius 2 is 1.47 bits per heavy atom. The normalized spacial score (nSPS) is 11.6. The van der Waals surface area contributed by atoms with E-state index in [9.17, 15) is 19.2 Å². The van der Waals surface area contributed by atoms with Gasteiger partial charge < -0.3 is 34.3 Å². The van der Waals surface area contributed by atoms with Crippen LogP contribution in [0.2, 0.25) is 0 Å². The van der Waals surface area contributed by atoms with E-state index in [0.29, 0.717) is 12.1 Å². The van der Waals surface area contributed by atoms with Gasteiger partial charge in [-0.3, -0.25) is 4.79 Å². The van der Waals surface area contributed by atoms with Crippen LogP contribution in [-0.4, -0.2) is 68.6 Å². The van der Waals surface area contributed by atoms with Crippen molar-refractivity contribution >= 4 is 23.9 Å². The molecule has 0 aliphatic heterocycles. The maximum absolute atomic E-state index is 12.9. The van der Waals surface area contributed by atoms with E-state index in [-0.39, 0.29) is 50.3 Å². The minimum absolute atomic E-state index is 0.104. The van der Waals surface area contributed by atoms with E-state index in [0.717, 1.165) is 19.3 Å². The first-order chi connectivity index (χ1) is 18.0. The number of ether oxygens (including phenoxy) is 5. The Balaban J connectivity index is 3.12. The molecule has 1 aromatic rings. The van der Waals surface area contributed by atoms with Crippen LogP contribution in [0.3, 0.4) is 0 Å². The van der Waals surface area contributed by atoms with E-state index in [1.165, 1.54) is 0 Å². The SMILES string of the molecule is CCCCCNC(=O)C(Cc1ccc(OCC(=O)OCC)c(OCC(=O)OCC)c1)NC(=O)OC(C)(C)C. The van der Waals surface area contributed by atoms with Crippen LogP contribution in [0.15, 0.2) is 18.2 Å². The van der Waals surface area contributed by atoms with Crippen LogP contribution in [0.1, 0.15) is 66.4 Å². The summed E-state index contributed by atoms with van der Waals surface area (Å²) in [5, 5.41) is 5.49. The van der Waals surface area contributed by atoms with Crippen molar-refractivity contribution in [3.05, 3.63) is 23.8 Å². The average Bonchev–Trinajstić information content (AvgIpc) is 2.83. The molecule has 0 bridgehead atoms. The first-order valence-electron chi connectivity index (χ1n) is 13.0. The summed E-state index contributed by atoms with van der Waals surface area (Å²) in [5.41, 5.74) is -0.129. The number of carbonyl (C=O) groups is 4. The summed E-state index contributed by atoms with van der Waals surface area (Å²) in [6.45, 7) is 10.8. The molecule has 0 saturated carbocycles. The summed E-state index contributed by atoms with van der Waals surface area (Å²) >= 11 is 0. The lowest BCUT2D eigenvalue weighted by Gasteiger charge is -2.23. The van der Waals surface area contributed by atoms with Gasteiger partial charge in [-0.1, -0.05) is 25.8 Å². The van der Waals surface area contributed by atoms with E-state index in [4.69, 9.17) is 23.7 Å². The van der Waals surface area contributed by atoms with Crippen molar-refractivity contribution in [3.63, 3.8) is 0 Å². The molecule has 11 nitrogen and oxygen atoms in total. The second-order valence-electron chi connectivity index (χ2n) is 9.37. The first-order valence-corrected chi connectivity index (χ1v) is 13.0. The molecule has 0 saturated heterocycles. The zero-order valence-electron chi connectivity index (χ0n) is 23.3. The van der Waals surface area contributed by atoms with Gasteiger partial charge in [-0.2, -0.15) is 0 Å². The van der Waals surface area contributed by atoms with Gasteiger partial charge in [0.1, 0.15) is 11.6 Å². The maximum Gasteiger partial charge on any atom is 0.408 e. The molecule has 1 rings (SSSR count). The van der Waals surface area contributed by atoms with Crippen LogP contribution in [-0.2, 0) is 35.0 Å². The van der Waals surface area contributed by atoms with Crippen LogP contribution >= 0.6 is 0 Å². The first kappa shape index (κ1) is 32.5. The van der Waals surface area contributed by atoms with Gasteiger partial charge in [0.05, 0.1) is 13.2 Å². The third-order valence-corrected chi connectivity index (χ3v) is 4.84. The summed E-state index contributed by atoms with van der Waals surface area (Å²) in [6.07, 6.45) is 2.18. The predicted molar refractivity (Wildman–Crippen MR) is 140 cm³/mol. The number of amides is 2. The van der Waals surface area contributed by atoms with Gasteiger partial charge in [-0.25, -0.2) is 14.4 Å². The molecule has 1 atom stereocenters. The lowest BCUT2D eigenvalue weighted by Crippen LogP contribution is -2.49. The summed E-state index contributed by atoms with van der Waals surface area (Å²) in [7, 11) is 0. The molecular formula is C27H42N2O9. The molecule has 0 aliphatic rings. The smallest absolute Gasteiger partial charge is 0.408 e. The van der Waals surface area contributed by atoms with Crippen LogP contribution in [0.5, 0.6) is 11.5 Å². The van der Waals surface area contributed by atoms with Crippen molar-refractivity contribution in [2.45, 2.75) is 78.9 Å². The standard InChI is InChI=1S/C27H42N2O9/c1-7-10-11-14-28-25(32)20(29-26(33)38-27(4,5)6)15-19-12-13-21(36-17-23(30)34-8-2)22(16-19)37-18-24(31)35-9-3/h12-13,16,20H,7-11,14-15,17-18H2,1-6H3,(H,28,32)(H,29,33). The van der Waals surface area contributed by atoms with E-state index in [1.807, 2.05) is 0 Å². The Labute approximate surface area is 224 Å². The number of alkyl carbamates (subject to hydrolysis) is 1. The second-order valence-corrected chi connectivity index (χ2v) is 9.37. The molecule has 38 heavy (non-hydrogen) atoms. The molecule has 0 heterocycles. The highest BCUT2D eigenvalue weighted by molar-refractivity contribution is 5.86. The van der Waals surface area contributed by atoms with E-state index in [2.05, 4.69) is 17.6 Å². The van der Waals surface area contributed by atoms with Crippen LogP contribution in [0, 0.1) is 0 Å². The molecular weight excluding hydrogens is 496 g/mol. The Bertz CT molecular complexity index is 912. The molecule has 0 aromatic heterocycles. The van der Waals surface area contributed by atoms with Gasteiger partial charge in [0.2, 0.25) is 5.91 Å². The molecule has 0 aliphatic carbocycles. The zero-order chi connectivity index (χ0) is 28.6. The molecule has 0 spiro atoms. The Morgan fingerprint density at radius 1 is 0.868 bits per heavy atom. The topological polar surface area (TPSA) is 138 Å². The molecule has 2 amide bonds. The summed E-state index contributed by atoms with van der Waals surface area (Å²) in [5.74, 6) is -1.13. The molecule has 11 heteroatoms. The molecule has 1 unspecified atom stereocenters. The molecule has 1 aromatic carbocycles. The highest BCUT2D eigenvalue weighted by Gasteiger charge is 2.25. The van der Waals surface area contributed by atoms with Gasteiger partial charge in [0.15, 0.2) is 24.7 Å². The van der Waals surface area contributed by atoms with Crippen molar-refractivity contribution in [2.75, 3.05) is 33.0 Å². The minimum atomic E-state index is -0.935. The second kappa shape index (κ2) is 17.1. The lowest BCUT2D eigenvalue weighted by molar-refractivity contribution is -0.146. The number of carbonyl (C=O) groups excluding carboxylic acids is 4. The fraction of sp³-hybridized carbons (Fsp3) is 0.630. The third kappa shape index (κ3) is 13.7. The lowest BCUT2D eigenvalue weighted by atomic mass is 10.0. The highest BCUT2D eigenvalue weighted by atomic mass is 16.6. The van der Waals surface area contributed by atoms with Crippen molar-refractivity contribution in [1.29, 1.82) is 0 Å². The minimum Gasteiger partial charge on any atom is -0.478 e. The average molecular weight is 539 g/mol. The Kier molecular flexibility index (Phi) is 14.6. The quantitative estimate of drug-likeness (QED) is 0.184. The largest absolute Gasteiger partial charge is 0.478 e. The predicted octanol–water partition coefficient (Wildman–Crippen LogP) is 3.31. The number of hydrogen-bond donors (Lipinski definition) is 2. The third-order valence-electron chi connectivity index (χ3n) is 4.84. The monoisotopic (exact) mass is 538 g/mol. The van der Waals surface area contributed by atoms with Gasteiger partial charge >= 0.3 is 18.0 Å². The zero-order valence-corrected chi connectivity index (χ0v) is 23.3. The number of rotatable bonds is 16. The summed E-state index contributed by atoms with van der Waals surface area (Å²) < 4.78 is 26.2. The van der Waals surface area contributed by atoms with Gasteiger partial charge in [0.25, 0.3) is 0 Å². The van der Waals surface area contributed by atoms with E-state index >= 15 is 0 Å². The molecule has 2 N–H and O–H groups in total. The van der Waals surface area contributed by atoms with Crippen LogP contribution in [0.4, 0.5) is 4.79 Å². The fourth-order valence-corrected chi connectivity index (χ4v) is 3.19. The number of benzene rings is 1. The van der Waals surface area contributed by atoms with Gasteiger partial charge in [-0.15, -0.1) is 0 Å². The van der Waals surface area contributed by atoms with Crippen molar-refractivity contribution < 1.29 is 42.9 Å². The Hall–Kier alpha value is -3.50. The maximum atomic E-state index is 12.9. The Morgan fingerprint density at radius 3 is 2.03 bits per heavy atom. The van der Waals surface area contributed by atoms with Crippen molar-refractivity contribution in [1.82, 2.24) is 10.6 Å².